The Hall–Kier alpha value is -2.48. The van der Waals surface area contributed by atoms with Gasteiger partial charge in [-0.25, -0.2) is 18.4 Å². The normalized spacial score (nSPS) is 18.9. The van der Waals surface area contributed by atoms with E-state index in [1.165, 1.54) is 12.4 Å². The lowest BCUT2D eigenvalue weighted by molar-refractivity contribution is 0.0935. The predicted molar refractivity (Wildman–Crippen MR) is 87.3 cm³/mol. The van der Waals surface area contributed by atoms with Gasteiger partial charge in [-0.3, -0.25) is 4.79 Å². The van der Waals surface area contributed by atoms with Crippen molar-refractivity contribution in [3.63, 3.8) is 0 Å². The quantitative estimate of drug-likeness (QED) is 0.865. The number of nitrogens with one attached hydrogen (secondary N) is 1. The van der Waals surface area contributed by atoms with Gasteiger partial charge in [-0.2, -0.15) is 0 Å². The van der Waals surface area contributed by atoms with Gasteiger partial charge < -0.3 is 10.1 Å². The minimum absolute atomic E-state index is 0.0266. The summed E-state index contributed by atoms with van der Waals surface area (Å²) in [5, 5.41) is 2.69. The molecule has 2 heterocycles. The molecule has 0 unspecified atom stereocenters. The van der Waals surface area contributed by atoms with Crippen molar-refractivity contribution in [3.05, 3.63) is 54.0 Å². The predicted octanol–water partition coefficient (Wildman–Crippen LogP) is 0.972. The molecular formula is C16H17N3O4S. The highest BCUT2D eigenvalue weighted by Crippen LogP contribution is 2.13. The third-order valence-corrected chi connectivity index (χ3v) is 5.44. The Kier molecular flexibility index (Phi) is 4.75. The van der Waals surface area contributed by atoms with Crippen LogP contribution in [0.25, 0.3) is 0 Å². The molecule has 24 heavy (non-hydrogen) atoms. The van der Waals surface area contributed by atoms with Crippen molar-refractivity contribution in [3.8, 4) is 5.88 Å². The van der Waals surface area contributed by atoms with Crippen LogP contribution in [0.2, 0.25) is 0 Å². The fraction of sp³-hybridized carbons (Fsp3) is 0.312. The number of nitrogens with zero attached hydrogens (tertiary/aromatic N) is 2. The molecule has 0 aliphatic carbocycles. The fourth-order valence-corrected chi connectivity index (χ4v) is 4.12. The molecule has 1 aromatic carbocycles. The average molecular weight is 347 g/mol. The molecule has 1 atom stereocenters. The number of aromatic nitrogens is 2. The summed E-state index contributed by atoms with van der Waals surface area (Å²) in [6, 6.07) is 10.7. The molecule has 7 nitrogen and oxygen atoms in total. The highest BCUT2D eigenvalue weighted by atomic mass is 32.2. The van der Waals surface area contributed by atoms with E-state index in [2.05, 4.69) is 15.3 Å². The number of benzene rings is 1. The monoisotopic (exact) mass is 347 g/mol. The molecule has 1 fully saturated rings. The van der Waals surface area contributed by atoms with Crippen LogP contribution in [-0.2, 0) is 16.4 Å². The second kappa shape index (κ2) is 6.96. The van der Waals surface area contributed by atoms with E-state index < -0.39 is 15.7 Å². The Morgan fingerprint density at radius 3 is 2.75 bits per heavy atom. The van der Waals surface area contributed by atoms with Crippen LogP contribution in [0.1, 0.15) is 22.5 Å². The number of carbonyl (C=O) groups is 1. The molecule has 1 saturated heterocycles. The van der Waals surface area contributed by atoms with Gasteiger partial charge in [-0.1, -0.05) is 30.3 Å². The lowest BCUT2D eigenvalue weighted by Crippen LogP contribution is -2.36. The first kappa shape index (κ1) is 16.4. The lowest BCUT2D eigenvalue weighted by Gasteiger charge is -2.11. The Morgan fingerprint density at radius 2 is 2.04 bits per heavy atom. The summed E-state index contributed by atoms with van der Waals surface area (Å²) in [4.78, 5) is 20.1. The second-order valence-corrected chi connectivity index (χ2v) is 7.82. The van der Waals surface area contributed by atoms with Crippen LogP contribution in [0.3, 0.4) is 0 Å². The number of rotatable bonds is 5. The molecule has 1 N–H and O–H groups in total. The van der Waals surface area contributed by atoms with Gasteiger partial charge in [-0.15, -0.1) is 0 Å². The molecule has 0 saturated carbocycles. The van der Waals surface area contributed by atoms with Crippen LogP contribution in [0, 0.1) is 0 Å². The molecule has 1 aliphatic rings. The standard InChI is InChI=1S/C16H17N3O4S/c20-16(19-13-6-7-24(21,22)10-13)14-8-15(18-11-17-14)23-9-12-4-2-1-3-5-12/h1-5,8,11,13H,6-7,9-10H2,(H,19,20)/t13-/m0/s1. The summed E-state index contributed by atoms with van der Waals surface area (Å²) in [6.45, 7) is 0.333. The van der Waals surface area contributed by atoms with Crippen molar-refractivity contribution >= 4 is 15.7 Å². The summed E-state index contributed by atoms with van der Waals surface area (Å²) < 4.78 is 28.4. The summed E-state index contributed by atoms with van der Waals surface area (Å²) in [6.07, 6.45) is 1.68. The lowest BCUT2D eigenvalue weighted by atomic mass is 10.2. The highest BCUT2D eigenvalue weighted by molar-refractivity contribution is 7.91. The fourth-order valence-electron chi connectivity index (χ4n) is 2.44. The largest absolute Gasteiger partial charge is 0.473 e. The molecule has 126 valence electrons. The average Bonchev–Trinajstić information content (AvgIpc) is 2.93. The smallest absolute Gasteiger partial charge is 0.270 e. The SMILES string of the molecule is O=C(N[C@H]1CCS(=O)(=O)C1)c1cc(OCc2ccccc2)ncn1. The van der Waals surface area contributed by atoms with Crippen LogP contribution in [0.5, 0.6) is 5.88 Å². The third-order valence-electron chi connectivity index (χ3n) is 3.67. The first-order valence-electron chi connectivity index (χ1n) is 7.52. The van der Waals surface area contributed by atoms with Crippen LogP contribution >= 0.6 is 0 Å². The van der Waals surface area contributed by atoms with E-state index in [1.807, 2.05) is 30.3 Å². The molecule has 0 bridgehead atoms. The maximum atomic E-state index is 12.2. The molecule has 1 aliphatic heterocycles. The van der Waals surface area contributed by atoms with E-state index in [-0.39, 0.29) is 29.1 Å². The zero-order chi connectivity index (χ0) is 17.0. The van der Waals surface area contributed by atoms with Crippen molar-refractivity contribution in [1.82, 2.24) is 15.3 Å². The van der Waals surface area contributed by atoms with Gasteiger partial charge in [0.1, 0.15) is 18.6 Å². The Labute approximate surface area is 140 Å². The molecule has 0 radical (unpaired) electrons. The number of carbonyl (C=O) groups excluding carboxylic acids is 1. The maximum Gasteiger partial charge on any atom is 0.270 e. The van der Waals surface area contributed by atoms with E-state index >= 15 is 0 Å². The summed E-state index contributed by atoms with van der Waals surface area (Å²) in [5.74, 6) is -0.0592. The molecule has 1 amide bonds. The third kappa shape index (κ3) is 4.29. The Balaban J connectivity index is 1.61. The number of sulfone groups is 1. The molecule has 3 rings (SSSR count). The van der Waals surface area contributed by atoms with Crippen molar-refractivity contribution < 1.29 is 17.9 Å². The molecule has 1 aromatic heterocycles. The van der Waals surface area contributed by atoms with Crippen molar-refractivity contribution in [2.45, 2.75) is 19.1 Å². The number of hydrogen-bond donors (Lipinski definition) is 1. The van der Waals surface area contributed by atoms with Gasteiger partial charge in [0.2, 0.25) is 5.88 Å². The topological polar surface area (TPSA) is 98.2 Å². The molecular weight excluding hydrogens is 330 g/mol. The van der Waals surface area contributed by atoms with E-state index in [0.717, 1.165) is 5.56 Å². The van der Waals surface area contributed by atoms with Gasteiger partial charge >= 0.3 is 0 Å². The highest BCUT2D eigenvalue weighted by Gasteiger charge is 2.29. The first-order valence-corrected chi connectivity index (χ1v) is 9.34. The Morgan fingerprint density at radius 1 is 1.25 bits per heavy atom. The van der Waals surface area contributed by atoms with Crippen molar-refractivity contribution in [2.75, 3.05) is 11.5 Å². The summed E-state index contributed by atoms with van der Waals surface area (Å²) in [5.41, 5.74) is 1.13. The molecule has 2 aromatic rings. The zero-order valence-corrected chi connectivity index (χ0v) is 13.7. The summed E-state index contributed by atoms with van der Waals surface area (Å²) >= 11 is 0. The van der Waals surface area contributed by atoms with Gasteiger partial charge in [-0.05, 0) is 12.0 Å². The number of amides is 1. The van der Waals surface area contributed by atoms with E-state index in [4.69, 9.17) is 4.74 Å². The maximum absolute atomic E-state index is 12.2. The minimum atomic E-state index is -3.04. The van der Waals surface area contributed by atoms with Crippen molar-refractivity contribution in [1.29, 1.82) is 0 Å². The zero-order valence-electron chi connectivity index (χ0n) is 12.9. The number of hydrogen-bond acceptors (Lipinski definition) is 6. The molecule has 8 heteroatoms. The minimum Gasteiger partial charge on any atom is -0.473 e. The van der Waals surface area contributed by atoms with Gasteiger partial charge in [0.05, 0.1) is 11.5 Å². The number of ether oxygens (including phenoxy) is 1. The Bertz CT molecular complexity index is 824. The van der Waals surface area contributed by atoms with Crippen LogP contribution < -0.4 is 10.1 Å². The van der Waals surface area contributed by atoms with Gasteiger partial charge in [0, 0.05) is 12.1 Å². The molecule has 0 spiro atoms. The first-order chi connectivity index (χ1) is 11.5. The van der Waals surface area contributed by atoms with Crippen LogP contribution in [-0.4, -0.2) is 41.8 Å². The van der Waals surface area contributed by atoms with E-state index in [1.54, 1.807) is 0 Å². The van der Waals surface area contributed by atoms with Crippen molar-refractivity contribution in [2.24, 2.45) is 0 Å². The van der Waals surface area contributed by atoms with Gasteiger partial charge in [0.25, 0.3) is 5.91 Å². The van der Waals surface area contributed by atoms with Crippen LogP contribution in [0.15, 0.2) is 42.7 Å². The second-order valence-electron chi connectivity index (χ2n) is 5.59. The van der Waals surface area contributed by atoms with E-state index in [0.29, 0.717) is 13.0 Å². The van der Waals surface area contributed by atoms with E-state index in [9.17, 15) is 13.2 Å². The van der Waals surface area contributed by atoms with Gasteiger partial charge in [0.15, 0.2) is 9.84 Å². The summed E-state index contributed by atoms with van der Waals surface area (Å²) in [7, 11) is -3.04. The van der Waals surface area contributed by atoms with Crippen LogP contribution in [0.4, 0.5) is 0 Å².